The molecule has 122 valence electrons. The lowest BCUT2D eigenvalue weighted by Gasteiger charge is -2.41. The highest BCUT2D eigenvalue weighted by Gasteiger charge is 2.30. The van der Waals surface area contributed by atoms with Gasteiger partial charge in [0.25, 0.3) is 0 Å². The van der Waals surface area contributed by atoms with Crippen LogP contribution in [-0.4, -0.2) is 16.9 Å². The molecule has 5 nitrogen and oxygen atoms in total. The minimum absolute atomic E-state index is 0.200. The third kappa shape index (κ3) is 2.63. The van der Waals surface area contributed by atoms with Crippen LogP contribution < -0.4 is 15.5 Å². The van der Waals surface area contributed by atoms with Crippen LogP contribution in [-0.2, 0) is 6.54 Å². The maximum absolute atomic E-state index is 6.50. The summed E-state index contributed by atoms with van der Waals surface area (Å²) in [4.78, 5) is 4.49. The molecule has 0 radical (unpaired) electrons. The van der Waals surface area contributed by atoms with Crippen LogP contribution in [0.2, 0.25) is 0 Å². The molecule has 4 rings (SSSR count). The van der Waals surface area contributed by atoms with E-state index in [1.807, 2.05) is 12.3 Å². The fraction of sp³-hybridized carbons (Fsp3) is 0.211. The summed E-state index contributed by atoms with van der Waals surface area (Å²) in [7, 11) is 0. The van der Waals surface area contributed by atoms with E-state index < -0.39 is 0 Å². The fourth-order valence-electron chi connectivity index (χ4n) is 3.18. The van der Waals surface area contributed by atoms with E-state index in [0.717, 1.165) is 23.6 Å². The molecule has 0 amide bonds. The number of aryl methyl sites for hydroxylation is 1. The Balaban J connectivity index is 1.67. The number of hydrogen-bond donors (Lipinski definition) is 2. The molecule has 3 aromatic rings. The zero-order valence-corrected chi connectivity index (χ0v) is 13.7. The number of H-pyrrole nitrogens is 1. The smallest absolute Gasteiger partial charge is 0.132 e. The van der Waals surface area contributed by atoms with Gasteiger partial charge in [-0.05, 0) is 24.6 Å². The molecule has 2 aromatic carbocycles. The van der Waals surface area contributed by atoms with Crippen LogP contribution in [0, 0.1) is 6.92 Å². The zero-order valence-electron chi connectivity index (χ0n) is 13.7. The monoisotopic (exact) mass is 319 g/mol. The maximum atomic E-state index is 6.50. The van der Waals surface area contributed by atoms with Gasteiger partial charge in [0.15, 0.2) is 0 Å². The number of hydrogen-bond acceptors (Lipinski definition) is 4. The van der Waals surface area contributed by atoms with Crippen molar-refractivity contribution in [2.75, 3.05) is 16.5 Å². The van der Waals surface area contributed by atoms with E-state index in [4.69, 9.17) is 5.73 Å². The van der Waals surface area contributed by atoms with Gasteiger partial charge in [-0.3, -0.25) is 5.10 Å². The molecule has 0 bridgehead atoms. The highest BCUT2D eigenvalue weighted by atomic mass is 15.4. The van der Waals surface area contributed by atoms with Gasteiger partial charge < -0.3 is 15.5 Å². The summed E-state index contributed by atoms with van der Waals surface area (Å²) in [6.07, 6.45) is 1.63. The molecule has 1 unspecified atom stereocenters. The minimum Gasteiger partial charge on any atom is -0.335 e. The first kappa shape index (κ1) is 14.8. The molecule has 1 aromatic heterocycles. The number of aromatic amines is 1. The van der Waals surface area contributed by atoms with Crippen LogP contribution in [0.5, 0.6) is 0 Å². The second-order valence-electron chi connectivity index (χ2n) is 6.25. The predicted octanol–water partition coefficient (Wildman–Crippen LogP) is 3.16. The Morgan fingerprint density at radius 3 is 2.62 bits per heavy atom. The summed E-state index contributed by atoms with van der Waals surface area (Å²) >= 11 is 0. The van der Waals surface area contributed by atoms with Crippen molar-refractivity contribution in [2.24, 2.45) is 5.73 Å². The number of nitrogens with zero attached hydrogens (tertiary/aromatic N) is 3. The Morgan fingerprint density at radius 2 is 1.88 bits per heavy atom. The SMILES string of the molecule is Cc1ccc(N2CN(Cc3ccccc3)c3[nH]ncc3C2N)cc1. The summed E-state index contributed by atoms with van der Waals surface area (Å²) in [5.41, 5.74) is 11.2. The molecule has 5 heteroatoms. The van der Waals surface area contributed by atoms with Crippen LogP contribution in [0.3, 0.4) is 0 Å². The van der Waals surface area contributed by atoms with E-state index in [2.05, 4.69) is 75.5 Å². The number of fused-ring (bicyclic) bond motifs is 1. The van der Waals surface area contributed by atoms with Gasteiger partial charge in [-0.25, -0.2) is 0 Å². The number of nitrogens with two attached hydrogens (primary N) is 1. The molecule has 0 spiro atoms. The first-order chi connectivity index (χ1) is 11.7. The summed E-state index contributed by atoms with van der Waals surface area (Å²) < 4.78 is 0. The van der Waals surface area contributed by atoms with Crippen molar-refractivity contribution in [2.45, 2.75) is 19.6 Å². The Bertz CT molecular complexity index is 809. The number of rotatable bonds is 3. The van der Waals surface area contributed by atoms with Gasteiger partial charge in [0.05, 0.1) is 18.4 Å². The Labute approximate surface area is 141 Å². The van der Waals surface area contributed by atoms with Gasteiger partial charge in [0.1, 0.15) is 12.0 Å². The summed E-state index contributed by atoms with van der Waals surface area (Å²) in [5, 5.41) is 7.32. The van der Waals surface area contributed by atoms with E-state index in [1.54, 1.807) is 0 Å². The minimum atomic E-state index is -0.200. The van der Waals surface area contributed by atoms with Gasteiger partial charge in [0.2, 0.25) is 0 Å². The number of benzene rings is 2. The molecule has 1 aliphatic heterocycles. The maximum Gasteiger partial charge on any atom is 0.132 e. The Morgan fingerprint density at radius 1 is 1.12 bits per heavy atom. The van der Waals surface area contributed by atoms with Crippen molar-refractivity contribution >= 4 is 11.5 Å². The standard InChI is InChI=1S/C19H21N5/c1-14-7-9-16(10-8-14)24-13-23(12-15-5-3-2-4-6-15)19-17(18(24)20)11-21-22-19/h2-11,18H,12-13,20H2,1H3,(H,21,22). The number of nitrogens with one attached hydrogen (secondary N) is 1. The lowest BCUT2D eigenvalue weighted by molar-refractivity contribution is 0.583. The highest BCUT2D eigenvalue weighted by Crippen LogP contribution is 2.34. The van der Waals surface area contributed by atoms with Gasteiger partial charge in [-0.1, -0.05) is 48.0 Å². The van der Waals surface area contributed by atoms with Gasteiger partial charge in [-0.2, -0.15) is 5.10 Å². The number of anilines is 2. The first-order valence-electron chi connectivity index (χ1n) is 8.13. The molecular formula is C19H21N5. The Kier molecular flexibility index (Phi) is 3.70. The summed E-state index contributed by atoms with van der Waals surface area (Å²) in [5.74, 6) is 1.01. The molecule has 0 aliphatic carbocycles. The molecular weight excluding hydrogens is 298 g/mol. The molecule has 0 saturated heterocycles. The molecule has 2 heterocycles. The van der Waals surface area contributed by atoms with Crippen LogP contribution in [0.4, 0.5) is 11.5 Å². The van der Waals surface area contributed by atoms with Gasteiger partial charge >= 0.3 is 0 Å². The molecule has 3 N–H and O–H groups in total. The second-order valence-corrected chi connectivity index (χ2v) is 6.25. The normalized spacial score (nSPS) is 17.0. The first-order valence-corrected chi connectivity index (χ1v) is 8.13. The summed E-state index contributed by atoms with van der Waals surface area (Å²) in [6, 6.07) is 18.9. The molecule has 1 aliphatic rings. The van der Waals surface area contributed by atoms with E-state index >= 15 is 0 Å². The Hall–Kier alpha value is -2.79. The lowest BCUT2D eigenvalue weighted by atomic mass is 10.1. The molecule has 0 saturated carbocycles. The van der Waals surface area contributed by atoms with Crippen LogP contribution in [0.1, 0.15) is 22.9 Å². The van der Waals surface area contributed by atoms with Crippen LogP contribution in [0.15, 0.2) is 60.8 Å². The van der Waals surface area contributed by atoms with Crippen molar-refractivity contribution in [1.82, 2.24) is 10.2 Å². The fourth-order valence-corrected chi connectivity index (χ4v) is 3.18. The van der Waals surface area contributed by atoms with Crippen LogP contribution >= 0.6 is 0 Å². The van der Waals surface area contributed by atoms with Crippen molar-refractivity contribution < 1.29 is 0 Å². The van der Waals surface area contributed by atoms with Crippen molar-refractivity contribution in [1.29, 1.82) is 0 Å². The van der Waals surface area contributed by atoms with E-state index in [9.17, 15) is 0 Å². The van der Waals surface area contributed by atoms with E-state index in [-0.39, 0.29) is 6.17 Å². The van der Waals surface area contributed by atoms with Crippen molar-refractivity contribution in [3.05, 3.63) is 77.5 Å². The summed E-state index contributed by atoms with van der Waals surface area (Å²) in [6.45, 7) is 3.62. The predicted molar refractivity (Wildman–Crippen MR) is 96.7 cm³/mol. The van der Waals surface area contributed by atoms with E-state index in [1.165, 1.54) is 11.1 Å². The van der Waals surface area contributed by atoms with Crippen molar-refractivity contribution in [3.63, 3.8) is 0 Å². The third-order valence-electron chi connectivity index (χ3n) is 4.52. The highest BCUT2D eigenvalue weighted by molar-refractivity contribution is 5.59. The average Bonchev–Trinajstić information content (AvgIpc) is 3.10. The second kappa shape index (κ2) is 6.02. The van der Waals surface area contributed by atoms with Gasteiger partial charge in [0, 0.05) is 12.2 Å². The molecule has 0 fully saturated rings. The average molecular weight is 319 g/mol. The lowest BCUT2D eigenvalue weighted by Crippen LogP contribution is -2.47. The van der Waals surface area contributed by atoms with Crippen molar-refractivity contribution in [3.8, 4) is 0 Å². The van der Waals surface area contributed by atoms with E-state index in [0.29, 0.717) is 6.67 Å². The molecule has 1 atom stereocenters. The number of aromatic nitrogens is 2. The zero-order chi connectivity index (χ0) is 16.5. The van der Waals surface area contributed by atoms with Crippen LogP contribution in [0.25, 0.3) is 0 Å². The largest absolute Gasteiger partial charge is 0.335 e. The third-order valence-corrected chi connectivity index (χ3v) is 4.52. The topological polar surface area (TPSA) is 61.2 Å². The van der Waals surface area contributed by atoms with Gasteiger partial charge in [-0.15, -0.1) is 0 Å². The molecule has 24 heavy (non-hydrogen) atoms. The quantitative estimate of drug-likeness (QED) is 0.778.